The van der Waals surface area contributed by atoms with E-state index in [9.17, 15) is 0 Å². The van der Waals surface area contributed by atoms with Gasteiger partial charge in [-0.2, -0.15) is 5.10 Å². The number of rotatable bonds is 6. The van der Waals surface area contributed by atoms with Gasteiger partial charge in [-0.25, -0.2) is 4.68 Å². The second-order valence-corrected chi connectivity index (χ2v) is 5.39. The van der Waals surface area contributed by atoms with Gasteiger partial charge in [0.2, 0.25) is 0 Å². The molecule has 2 unspecified atom stereocenters. The zero-order chi connectivity index (χ0) is 15.4. The fourth-order valence-electron chi connectivity index (χ4n) is 2.27. The summed E-state index contributed by atoms with van der Waals surface area (Å²) in [5, 5.41) is 16.1. The Kier molecular flexibility index (Phi) is 4.29. The van der Waals surface area contributed by atoms with Gasteiger partial charge in [0, 0.05) is 25.0 Å². The highest BCUT2D eigenvalue weighted by atomic mass is 15.4. The predicted octanol–water partition coefficient (Wildman–Crippen LogP) is 2.20. The number of aromatic nitrogens is 5. The van der Waals surface area contributed by atoms with Gasteiger partial charge in [0.25, 0.3) is 0 Å². The molecule has 0 aliphatic heterocycles. The molecule has 0 aliphatic carbocycles. The molecule has 0 amide bonds. The predicted molar refractivity (Wildman–Crippen MR) is 84.6 cm³/mol. The van der Waals surface area contributed by atoms with Crippen LogP contribution in [-0.2, 0) is 6.54 Å². The topological polar surface area (TPSA) is 60.6 Å². The quantitative estimate of drug-likeness (QED) is 0.757. The van der Waals surface area contributed by atoms with Crippen LogP contribution in [0.25, 0.3) is 5.69 Å². The SMILES string of the molecule is CC(NCc1cn(-c2ccccc2)nn1)C(C)n1cccn1. The minimum absolute atomic E-state index is 0.277. The van der Waals surface area contributed by atoms with Gasteiger partial charge in [-0.15, -0.1) is 5.10 Å². The molecule has 0 spiro atoms. The molecule has 1 N–H and O–H groups in total. The molecule has 0 saturated heterocycles. The van der Waals surface area contributed by atoms with Gasteiger partial charge in [-0.05, 0) is 32.0 Å². The van der Waals surface area contributed by atoms with Crippen molar-refractivity contribution in [3.63, 3.8) is 0 Å². The van der Waals surface area contributed by atoms with Crippen LogP contribution >= 0.6 is 0 Å². The summed E-state index contributed by atoms with van der Waals surface area (Å²) in [5.74, 6) is 0. The Morgan fingerprint density at radius 1 is 1.14 bits per heavy atom. The Bertz CT molecular complexity index is 689. The van der Waals surface area contributed by atoms with Crippen molar-refractivity contribution >= 4 is 0 Å². The van der Waals surface area contributed by atoms with Crippen LogP contribution in [0.1, 0.15) is 25.6 Å². The highest BCUT2D eigenvalue weighted by Crippen LogP contribution is 2.10. The van der Waals surface area contributed by atoms with E-state index in [2.05, 4.69) is 34.6 Å². The lowest BCUT2D eigenvalue weighted by Gasteiger charge is -2.21. The molecule has 3 rings (SSSR count). The molecule has 0 aliphatic rings. The van der Waals surface area contributed by atoms with E-state index < -0.39 is 0 Å². The molecule has 0 bridgehead atoms. The van der Waals surface area contributed by atoms with Crippen molar-refractivity contribution in [1.82, 2.24) is 30.1 Å². The molecular formula is C16H20N6. The van der Waals surface area contributed by atoms with Gasteiger partial charge >= 0.3 is 0 Å². The first-order valence-electron chi connectivity index (χ1n) is 7.43. The standard InChI is InChI=1S/C16H20N6/c1-13(14(2)21-10-6-9-18-21)17-11-15-12-22(20-19-15)16-7-4-3-5-8-16/h3-10,12-14,17H,11H2,1-2H3. The van der Waals surface area contributed by atoms with E-state index in [1.807, 2.05) is 53.5 Å². The summed E-state index contributed by atoms with van der Waals surface area (Å²) in [6.45, 7) is 4.97. The lowest BCUT2D eigenvalue weighted by molar-refractivity contribution is 0.363. The van der Waals surface area contributed by atoms with Gasteiger partial charge in [-0.3, -0.25) is 4.68 Å². The Hall–Kier alpha value is -2.47. The van der Waals surface area contributed by atoms with E-state index >= 15 is 0 Å². The number of hydrogen-bond acceptors (Lipinski definition) is 4. The van der Waals surface area contributed by atoms with Crippen LogP contribution in [0, 0.1) is 0 Å². The summed E-state index contributed by atoms with van der Waals surface area (Å²) in [6.07, 6.45) is 5.73. The molecular weight excluding hydrogens is 276 g/mol. The molecule has 0 saturated carbocycles. The first-order valence-corrected chi connectivity index (χ1v) is 7.43. The summed E-state index contributed by atoms with van der Waals surface area (Å²) in [6, 6.07) is 12.5. The first-order chi connectivity index (χ1) is 10.7. The van der Waals surface area contributed by atoms with Gasteiger partial charge in [0.05, 0.1) is 23.6 Å². The number of nitrogens with one attached hydrogen (secondary N) is 1. The lowest BCUT2D eigenvalue weighted by atomic mass is 10.1. The average molecular weight is 296 g/mol. The Morgan fingerprint density at radius 2 is 1.95 bits per heavy atom. The first kappa shape index (κ1) is 14.5. The molecule has 1 aromatic carbocycles. The Morgan fingerprint density at radius 3 is 2.68 bits per heavy atom. The largest absolute Gasteiger partial charge is 0.306 e. The third kappa shape index (κ3) is 3.23. The summed E-state index contributed by atoms with van der Waals surface area (Å²) in [7, 11) is 0. The van der Waals surface area contributed by atoms with Gasteiger partial charge in [0.1, 0.15) is 0 Å². The van der Waals surface area contributed by atoms with Crippen LogP contribution in [0.15, 0.2) is 55.0 Å². The monoisotopic (exact) mass is 296 g/mol. The molecule has 114 valence electrons. The van der Waals surface area contributed by atoms with Crippen LogP contribution in [0.3, 0.4) is 0 Å². The van der Waals surface area contributed by atoms with Gasteiger partial charge in [0.15, 0.2) is 0 Å². The third-order valence-corrected chi connectivity index (χ3v) is 3.83. The third-order valence-electron chi connectivity index (χ3n) is 3.83. The Balaban J connectivity index is 1.59. The minimum atomic E-state index is 0.277. The van der Waals surface area contributed by atoms with Gasteiger partial charge < -0.3 is 5.32 Å². The molecule has 6 nitrogen and oxygen atoms in total. The van der Waals surface area contributed by atoms with E-state index in [0.29, 0.717) is 6.54 Å². The molecule has 2 atom stereocenters. The normalized spacial score (nSPS) is 13.9. The van der Waals surface area contributed by atoms with Crippen LogP contribution in [0.2, 0.25) is 0 Å². The summed E-state index contributed by atoms with van der Waals surface area (Å²) in [5.41, 5.74) is 1.93. The molecule has 3 aromatic rings. The van der Waals surface area contributed by atoms with E-state index in [1.54, 1.807) is 10.9 Å². The molecule has 0 fully saturated rings. The van der Waals surface area contributed by atoms with Crippen molar-refractivity contribution in [2.24, 2.45) is 0 Å². The van der Waals surface area contributed by atoms with Crippen molar-refractivity contribution in [3.8, 4) is 5.69 Å². The van der Waals surface area contributed by atoms with Crippen molar-refractivity contribution in [1.29, 1.82) is 0 Å². The van der Waals surface area contributed by atoms with Gasteiger partial charge in [-0.1, -0.05) is 23.4 Å². The smallest absolute Gasteiger partial charge is 0.0969 e. The zero-order valence-corrected chi connectivity index (χ0v) is 12.8. The highest BCUT2D eigenvalue weighted by Gasteiger charge is 2.14. The number of para-hydroxylation sites is 1. The molecule has 22 heavy (non-hydrogen) atoms. The number of nitrogens with zero attached hydrogens (tertiary/aromatic N) is 5. The fraction of sp³-hybridized carbons (Fsp3) is 0.312. The minimum Gasteiger partial charge on any atom is -0.306 e. The van der Waals surface area contributed by atoms with Crippen LogP contribution in [0.5, 0.6) is 0 Å². The second kappa shape index (κ2) is 6.53. The summed E-state index contributed by atoms with van der Waals surface area (Å²) < 4.78 is 3.75. The highest BCUT2D eigenvalue weighted by molar-refractivity contribution is 5.29. The second-order valence-electron chi connectivity index (χ2n) is 5.39. The van der Waals surface area contributed by atoms with E-state index in [0.717, 1.165) is 11.4 Å². The fourth-order valence-corrected chi connectivity index (χ4v) is 2.27. The van der Waals surface area contributed by atoms with Crippen LogP contribution < -0.4 is 5.32 Å². The summed E-state index contributed by atoms with van der Waals surface area (Å²) >= 11 is 0. The van der Waals surface area contributed by atoms with Crippen molar-refractivity contribution in [2.45, 2.75) is 32.5 Å². The molecule has 0 radical (unpaired) electrons. The van der Waals surface area contributed by atoms with Crippen LogP contribution in [0.4, 0.5) is 0 Å². The van der Waals surface area contributed by atoms with Crippen molar-refractivity contribution in [3.05, 3.63) is 60.7 Å². The summed E-state index contributed by atoms with van der Waals surface area (Å²) in [4.78, 5) is 0. The maximum Gasteiger partial charge on any atom is 0.0969 e. The molecule has 2 aromatic heterocycles. The maximum absolute atomic E-state index is 4.28. The molecule has 2 heterocycles. The molecule has 6 heteroatoms. The zero-order valence-electron chi connectivity index (χ0n) is 12.8. The Labute approximate surface area is 129 Å². The van der Waals surface area contributed by atoms with E-state index in [-0.39, 0.29) is 12.1 Å². The van der Waals surface area contributed by atoms with Crippen LogP contribution in [-0.4, -0.2) is 30.8 Å². The van der Waals surface area contributed by atoms with E-state index in [4.69, 9.17) is 0 Å². The lowest BCUT2D eigenvalue weighted by Crippen LogP contribution is -2.33. The van der Waals surface area contributed by atoms with Crippen molar-refractivity contribution in [2.75, 3.05) is 0 Å². The van der Waals surface area contributed by atoms with E-state index in [1.165, 1.54) is 0 Å². The number of hydrogen-bond donors (Lipinski definition) is 1. The number of benzene rings is 1. The maximum atomic E-state index is 4.28. The average Bonchev–Trinajstić information content (AvgIpc) is 3.24. The van der Waals surface area contributed by atoms with Crippen molar-refractivity contribution < 1.29 is 0 Å².